The third-order valence-electron chi connectivity index (χ3n) is 4.96. The molecule has 2 heterocycles. The van der Waals surface area contributed by atoms with E-state index in [0.29, 0.717) is 24.6 Å². The molecule has 1 aliphatic rings. The van der Waals surface area contributed by atoms with Crippen LogP contribution in [0.1, 0.15) is 34.3 Å². The maximum Gasteiger partial charge on any atom is 0.252 e. The second kappa shape index (κ2) is 8.40. The summed E-state index contributed by atoms with van der Waals surface area (Å²) in [4.78, 5) is 17.4. The lowest BCUT2D eigenvalue weighted by Crippen LogP contribution is -2.31. The van der Waals surface area contributed by atoms with E-state index in [1.807, 2.05) is 36.4 Å². The Morgan fingerprint density at radius 2 is 2.04 bits per heavy atom. The summed E-state index contributed by atoms with van der Waals surface area (Å²) in [6.07, 6.45) is 2.15. The number of benzene rings is 2. The Bertz CT molecular complexity index is 963. The van der Waals surface area contributed by atoms with E-state index in [-0.39, 0.29) is 12.0 Å². The summed E-state index contributed by atoms with van der Waals surface area (Å²) in [6.45, 7) is 3.75. The highest BCUT2D eigenvalue weighted by molar-refractivity contribution is 6.06. The van der Waals surface area contributed by atoms with E-state index in [9.17, 15) is 4.79 Å². The van der Waals surface area contributed by atoms with E-state index in [0.717, 1.165) is 35.9 Å². The number of nitrogens with zero attached hydrogens (tertiary/aromatic N) is 1. The second-order valence-electron chi connectivity index (χ2n) is 7.14. The van der Waals surface area contributed by atoms with Gasteiger partial charge >= 0.3 is 0 Å². The average molecular weight is 376 g/mol. The number of para-hydroxylation sites is 1. The Labute approximate surface area is 164 Å². The smallest absolute Gasteiger partial charge is 0.252 e. The molecule has 0 spiro atoms. The standard InChI is InChI=1S/C23H24N2O3/c1-16-8-10-17(11-9-16)15-28-22-13-20(19-6-2-3-7-21(19)25-22)23(26)24-14-18-5-4-12-27-18/h2-3,6-11,13,18H,4-5,12,14-15H2,1H3,(H,24,26). The number of ether oxygens (including phenoxy) is 2. The second-order valence-corrected chi connectivity index (χ2v) is 7.14. The summed E-state index contributed by atoms with van der Waals surface area (Å²) in [6, 6.07) is 17.5. The van der Waals surface area contributed by atoms with Gasteiger partial charge in [-0.15, -0.1) is 0 Å². The Morgan fingerprint density at radius 3 is 2.82 bits per heavy atom. The molecule has 1 fully saturated rings. The van der Waals surface area contributed by atoms with Crippen molar-refractivity contribution in [1.82, 2.24) is 10.3 Å². The van der Waals surface area contributed by atoms with Crippen molar-refractivity contribution in [3.63, 3.8) is 0 Å². The van der Waals surface area contributed by atoms with Gasteiger partial charge in [0.15, 0.2) is 0 Å². The van der Waals surface area contributed by atoms with Crippen LogP contribution in [0.25, 0.3) is 10.9 Å². The quantitative estimate of drug-likeness (QED) is 0.706. The third kappa shape index (κ3) is 4.31. The van der Waals surface area contributed by atoms with Crippen molar-refractivity contribution in [2.75, 3.05) is 13.2 Å². The SMILES string of the molecule is Cc1ccc(COc2cc(C(=O)NCC3CCCO3)c3ccccc3n2)cc1. The van der Waals surface area contributed by atoms with Crippen LogP contribution in [0.3, 0.4) is 0 Å². The van der Waals surface area contributed by atoms with Gasteiger partial charge in [-0.1, -0.05) is 48.0 Å². The number of fused-ring (bicyclic) bond motifs is 1. The number of hydrogen-bond acceptors (Lipinski definition) is 4. The molecule has 2 aromatic carbocycles. The summed E-state index contributed by atoms with van der Waals surface area (Å²) in [5.74, 6) is 0.316. The highest BCUT2D eigenvalue weighted by atomic mass is 16.5. The first kappa shape index (κ1) is 18.4. The van der Waals surface area contributed by atoms with E-state index in [2.05, 4.69) is 29.4 Å². The zero-order valence-corrected chi connectivity index (χ0v) is 16.0. The number of pyridine rings is 1. The predicted molar refractivity (Wildman–Crippen MR) is 109 cm³/mol. The third-order valence-corrected chi connectivity index (χ3v) is 4.96. The van der Waals surface area contributed by atoms with Gasteiger partial charge in [-0.3, -0.25) is 4.79 Å². The molecule has 1 amide bonds. The molecular formula is C23H24N2O3. The largest absolute Gasteiger partial charge is 0.473 e. The van der Waals surface area contributed by atoms with E-state index >= 15 is 0 Å². The van der Waals surface area contributed by atoms with Gasteiger partial charge in [0.05, 0.1) is 17.2 Å². The van der Waals surface area contributed by atoms with Crippen molar-refractivity contribution < 1.29 is 14.3 Å². The fourth-order valence-corrected chi connectivity index (χ4v) is 3.36. The molecule has 3 aromatic rings. The number of rotatable bonds is 6. The van der Waals surface area contributed by atoms with E-state index < -0.39 is 0 Å². The molecule has 1 unspecified atom stereocenters. The van der Waals surface area contributed by atoms with Gasteiger partial charge in [0.2, 0.25) is 5.88 Å². The van der Waals surface area contributed by atoms with Crippen LogP contribution in [0.15, 0.2) is 54.6 Å². The molecule has 0 aliphatic carbocycles. The molecule has 1 saturated heterocycles. The molecule has 5 nitrogen and oxygen atoms in total. The van der Waals surface area contributed by atoms with Crippen molar-refractivity contribution in [2.24, 2.45) is 0 Å². The molecule has 1 N–H and O–H groups in total. The van der Waals surface area contributed by atoms with Gasteiger partial charge in [-0.2, -0.15) is 0 Å². The summed E-state index contributed by atoms with van der Waals surface area (Å²) >= 11 is 0. The minimum absolute atomic E-state index is 0.106. The minimum atomic E-state index is -0.130. The Kier molecular flexibility index (Phi) is 5.53. The fraction of sp³-hybridized carbons (Fsp3) is 0.304. The van der Waals surface area contributed by atoms with Crippen LogP contribution in [0.4, 0.5) is 0 Å². The predicted octanol–water partition coefficient (Wildman–Crippen LogP) is 4.03. The molecule has 1 atom stereocenters. The van der Waals surface area contributed by atoms with Crippen LogP contribution in [-0.4, -0.2) is 30.1 Å². The molecule has 28 heavy (non-hydrogen) atoms. The molecule has 144 valence electrons. The molecule has 0 bridgehead atoms. The number of hydrogen-bond donors (Lipinski definition) is 1. The first-order valence-corrected chi connectivity index (χ1v) is 9.67. The van der Waals surface area contributed by atoms with Gasteiger partial charge in [0.25, 0.3) is 5.91 Å². The number of aromatic nitrogens is 1. The maximum atomic E-state index is 12.8. The van der Waals surface area contributed by atoms with Crippen LogP contribution in [-0.2, 0) is 11.3 Å². The summed E-state index contributed by atoms with van der Waals surface area (Å²) in [7, 11) is 0. The minimum Gasteiger partial charge on any atom is -0.473 e. The highest BCUT2D eigenvalue weighted by Crippen LogP contribution is 2.23. The molecule has 5 heteroatoms. The van der Waals surface area contributed by atoms with Crippen LogP contribution < -0.4 is 10.1 Å². The molecule has 4 rings (SSSR count). The topological polar surface area (TPSA) is 60.5 Å². The van der Waals surface area contributed by atoms with Crippen LogP contribution in [0, 0.1) is 6.92 Å². The van der Waals surface area contributed by atoms with Crippen molar-refractivity contribution in [3.05, 3.63) is 71.3 Å². The van der Waals surface area contributed by atoms with Crippen molar-refractivity contribution in [3.8, 4) is 5.88 Å². The van der Waals surface area contributed by atoms with Gasteiger partial charge in [-0.05, 0) is 31.4 Å². The summed E-state index contributed by atoms with van der Waals surface area (Å²) in [5.41, 5.74) is 3.58. The Balaban J connectivity index is 1.54. The zero-order chi connectivity index (χ0) is 19.3. The molecule has 1 aromatic heterocycles. The van der Waals surface area contributed by atoms with Gasteiger partial charge in [-0.25, -0.2) is 4.98 Å². The number of amides is 1. The summed E-state index contributed by atoms with van der Waals surface area (Å²) < 4.78 is 11.5. The van der Waals surface area contributed by atoms with Crippen molar-refractivity contribution >= 4 is 16.8 Å². The Morgan fingerprint density at radius 1 is 1.21 bits per heavy atom. The van der Waals surface area contributed by atoms with Crippen LogP contribution in [0.5, 0.6) is 5.88 Å². The van der Waals surface area contributed by atoms with Gasteiger partial charge in [0, 0.05) is 24.6 Å². The van der Waals surface area contributed by atoms with Crippen LogP contribution in [0.2, 0.25) is 0 Å². The lowest BCUT2D eigenvalue weighted by Gasteiger charge is -2.13. The van der Waals surface area contributed by atoms with Gasteiger partial charge in [0.1, 0.15) is 6.61 Å². The van der Waals surface area contributed by atoms with E-state index in [1.165, 1.54) is 5.56 Å². The van der Waals surface area contributed by atoms with Crippen molar-refractivity contribution in [2.45, 2.75) is 32.5 Å². The molecular weight excluding hydrogens is 352 g/mol. The van der Waals surface area contributed by atoms with E-state index in [4.69, 9.17) is 9.47 Å². The highest BCUT2D eigenvalue weighted by Gasteiger charge is 2.18. The van der Waals surface area contributed by atoms with Gasteiger partial charge < -0.3 is 14.8 Å². The first-order chi connectivity index (χ1) is 13.7. The Hall–Kier alpha value is -2.92. The molecule has 1 aliphatic heterocycles. The fourth-order valence-electron chi connectivity index (χ4n) is 3.36. The monoisotopic (exact) mass is 376 g/mol. The normalized spacial score (nSPS) is 16.2. The first-order valence-electron chi connectivity index (χ1n) is 9.67. The van der Waals surface area contributed by atoms with Crippen LogP contribution >= 0.6 is 0 Å². The number of aryl methyl sites for hydroxylation is 1. The van der Waals surface area contributed by atoms with E-state index in [1.54, 1.807) is 6.07 Å². The zero-order valence-electron chi connectivity index (χ0n) is 16.0. The lowest BCUT2D eigenvalue weighted by atomic mass is 10.1. The summed E-state index contributed by atoms with van der Waals surface area (Å²) in [5, 5.41) is 3.81. The molecule has 0 radical (unpaired) electrons. The lowest BCUT2D eigenvalue weighted by molar-refractivity contribution is 0.0858. The average Bonchev–Trinajstić information content (AvgIpc) is 3.24. The maximum absolute atomic E-state index is 12.8. The molecule has 0 saturated carbocycles. The van der Waals surface area contributed by atoms with Crippen molar-refractivity contribution in [1.29, 1.82) is 0 Å². The number of nitrogens with one attached hydrogen (secondary N) is 1. The number of carbonyl (C=O) groups excluding carboxylic acids is 1. The number of carbonyl (C=O) groups is 1.